The molecule has 0 aromatic carbocycles. The number of likely N-dealkylation sites (N-methyl/N-ethyl adjacent to an activating group) is 1. The van der Waals surface area contributed by atoms with Crippen molar-refractivity contribution >= 4 is 0 Å². The fourth-order valence-corrected chi connectivity index (χ4v) is 4.26. The Labute approximate surface area is 112 Å². The maximum Gasteiger partial charge on any atom is 0.0252 e. The van der Waals surface area contributed by atoms with Gasteiger partial charge in [-0.25, -0.2) is 0 Å². The highest BCUT2D eigenvalue weighted by Crippen LogP contribution is 2.31. The first-order valence-electron chi connectivity index (χ1n) is 8.04. The maximum absolute atomic E-state index is 3.56. The minimum Gasteiger partial charge on any atom is -0.316 e. The van der Waals surface area contributed by atoms with Crippen LogP contribution in [-0.2, 0) is 0 Å². The van der Waals surface area contributed by atoms with E-state index in [1.807, 2.05) is 0 Å². The molecule has 2 unspecified atom stereocenters. The van der Waals surface area contributed by atoms with Crippen molar-refractivity contribution in [2.45, 2.75) is 38.6 Å². The molecular formula is C15H29N3. The van der Waals surface area contributed by atoms with Gasteiger partial charge in [0.15, 0.2) is 0 Å². The fraction of sp³-hybridized carbons (Fsp3) is 1.00. The van der Waals surface area contributed by atoms with Crippen LogP contribution in [0.25, 0.3) is 0 Å². The van der Waals surface area contributed by atoms with Crippen molar-refractivity contribution in [2.75, 3.05) is 45.8 Å². The molecule has 104 valence electrons. The van der Waals surface area contributed by atoms with E-state index in [0.717, 1.165) is 17.9 Å². The Kier molecular flexibility index (Phi) is 4.22. The quantitative estimate of drug-likeness (QED) is 0.815. The van der Waals surface area contributed by atoms with Gasteiger partial charge in [-0.1, -0.05) is 6.92 Å². The third-order valence-electron chi connectivity index (χ3n) is 5.39. The van der Waals surface area contributed by atoms with E-state index in [1.54, 1.807) is 0 Å². The predicted molar refractivity (Wildman–Crippen MR) is 75.8 cm³/mol. The van der Waals surface area contributed by atoms with Crippen LogP contribution in [0.15, 0.2) is 0 Å². The first kappa shape index (κ1) is 12.9. The van der Waals surface area contributed by atoms with Crippen molar-refractivity contribution in [3.8, 4) is 0 Å². The average Bonchev–Trinajstić information content (AvgIpc) is 2.47. The molecule has 0 amide bonds. The molecule has 3 nitrogen and oxygen atoms in total. The molecule has 0 radical (unpaired) electrons. The summed E-state index contributed by atoms with van der Waals surface area (Å²) >= 11 is 0. The van der Waals surface area contributed by atoms with Crippen LogP contribution in [0.4, 0.5) is 0 Å². The molecule has 2 bridgehead atoms. The zero-order chi connectivity index (χ0) is 12.4. The summed E-state index contributed by atoms with van der Waals surface area (Å²) in [5.74, 6) is 1.89. The smallest absolute Gasteiger partial charge is 0.0252 e. The Balaban J connectivity index is 1.57. The summed E-state index contributed by atoms with van der Waals surface area (Å²) in [5.41, 5.74) is 0. The van der Waals surface area contributed by atoms with Gasteiger partial charge in [-0.2, -0.15) is 0 Å². The van der Waals surface area contributed by atoms with Gasteiger partial charge in [0.25, 0.3) is 0 Å². The molecule has 0 spiro atoms. The zero-order valence-electron chi connectivity index (χ0n) is 11.9. The van der Waals surface area contributed by atoms with Crippen LogP contribution in [-0.4, -0.2) is 61.7 Å². The number of rotatable bonds is 4. The molecule has 4 aliphatic rings. The van der Waals surface area contributed by atoms with Crippen LogP contribution in [0.1, 0.15) is 32.6 Å². The number of piperidine rings is 4. The first-order chi connectivity index (χ1) is 8.86. The largest absolute Gasteiger partial charge is 0.316 e. The second kappa shape index (κ2) is 5.89. The lowest BCUT2D eigenvalue weighted by atomic mass is 9.82. The van der Waals surface area contributed by atoms with Gasteiger partial charge in [-0.15, -0.1) is 0 Å². The fourth-order valence-electron chi connectivity index (χ4n) is 4.26. The Morgan fingerprint density at radius 1 is 1.22 bits per heavy atom. The molecule has 2 atom stereocenters. The van der Waals surface area contributed by atoms with E-state index in [2.05, 4.69) is 22.0 Å². The van der Waals surface area contributed by atoms with Gasteiger partial charge in [-0.3, -0.25) is 4.90 Å². The molecule has 4 fully saturated rings. The number of nitrogens with one attached hydrogen (secondary N) is 1. The molecule has 0 aliphatic carbocycles. The molecule has 4 aliphatic heterocycles. The molecule has 4 heterocycles. The SMILES string of the molecule is CCN(CC1CCCNC1)C1CN2CCC1CC2. The van der Waals surface area contributed by atoms with E-state index < -0.39 is 0 Å². The van der Waals surface area contributed by atoms with Crippen molar-refractivity contribution in [3.63, 3.8) is 0 Å². The minimum atomic E-state index is 0.861. The molecule has 1 N–H and O–H groups in total. The number of hydrogen-bond donors (Lipinski definition) is 1. The van der Waals surface area contributed by atoms with Gasteiger partial charge < -0.3 is 10.2 Å². The molecule has 18 heavy (non-hydrogen) atoms. The van der Waals surface area contributed by atoms with Crippen molar-refractivity contribution < 1.29 is 0 Å². The normalized spacial score (nSPS) is 40.3. The Bertz CT molecular complexity index is 254. The van der Waals surface area contributed by atoms with E-state index in [9.17, 15) is 0 Å². The van der Waals surface area contributed by atoms with Crippen molar-refractivity contribution in [1.29, 1.82) is 0 Å². The third-order valence-corrected chi connectivity index (χ3v) is 5.39. The number of nitrogens with zero attached hydrogens (tertiary/aromatic N) is 2. The Morgan fingerprint density at radius 2 is 2.06 bits per heavy atom. The molecule has 3 heteroatoms. The van der Waals surface area contributed by atoms with Crippen molar-refractivity contribution in [3.05, 3.63) is 0 Å². The minimum absolute atomic E-state index is 0.861. The standard InChI is InChI=1S/C15H29N3/c1-2-18(11-13-4-3-7-16-10-13)15-12-17-8-5-14(15)6-9-17/h13-16H,2-12H2,1H3. The predicted octanol–water partition coefficient (Wildman–Crippen LogP) is 1.40. The lowest BCUT2D eigenvalue weighted by molar-refractivity contribution is -0.000288. The first-order valence-corrected chi connectivity index (χ1v) is 8.04. The van der Waals surface area contributed by atoms with Crippen molar-refractivity contribution in [2.24, 2.45) is 11.8 Å². The highest BCUT2D eigenvalue weighted by Gasteiger charge is 2.37. The van der Waals surface area contributed by atoms with Gasteiger partial charge in [-0.05, 0) is 70.2 Å². The summed E-state index contributed by atoms with van der Waals surface area (Å²) in [6.07, 6.45) is 5.71. The summed E-state index contributed by atoms with van der Waals surface area (Å²) in [5, 5.41) is 3.56. The van der Waals surface area contributed by atoms with Crippen LogP contribution in [0.3, 0.4) is 0 Å². The lowest BCUT2D eigenvalue weighted by Crippen LogP contribution is -2.58. The molecular weight excluding hydrogens is 222 g/mol. The molecule has 4 rings (SSSR count). The number of hydrogen-bond acceptors (Lipinski definition) is 3. The van der Waals surface area contributed by atoms with Crippen LogP contribution in [0.2, 0.25) is 0 Å². The monoisotopic (exact) mass is 251 g/mol. The summed E-state index contributed by atoms with van der Waals surface area (Å²) < 4.78 is 0. The van der Waals surface area contributed by atoms with Gasteiger partial charge in [0.05, 0.1) is 0 Å². The van der Waals surface area contributed by atoms with Crippen LogP contribution < -0.4 is 5.32 Å². The van der Waals surface area contributed by atoms with E-state index in [1.165, 1.54) is 71.5 Å². The van der Waals surface area contributed by atoms with Crippen LogP contribution in [0, 0.1) is 11.8 Å². The molecule has 0 saturated carbocycles. The Hall–Kier alpha value is -0.120. The van der Waals surface area contributed by atoms with E-state index >= 15 is 0 Å². The van der Waals surface area contributed by atoms with Gasteiger partial charge in [0, 0.05) is 19.1 Å². The van der Waals surface area contributed by atoms with Crippen molar-refractivity contribution in [1.82, 2.24) is 15.1 Å². The van der Waals surface area contributed by atoms with Gasteiger partial charge >= 0.3 is 0 Å². The maximum atomic E-state index is 3.56. The zero-order valence-corrected chi connectivity index (χ0v) is 11.9. The number of fused-ring (bicyclic) bond motifs is 3. The van der Waals surface area contributed by atoms with Gasteiger partial charge in [0.1, 0.15) is 0 Å². The summed E-state index contributed by atoms with van der Waals surface area (Å²) in [4.78, 5) is 5.49. The van der Waals surface area contributed by atoms with E-state index in [-0.39, 0.29) is 0 Å². The topological polar surface area (TPSA) is 18.5 Å². The highest BCUT2D eigenvalue weighted by atomic mass is 15.3. The lowest BCUT2D eigenvalue weighted by Gasteiger charge is -2.49. The molecule has 4 saturated heterocycles. The highest BCUT2D eigenvalue weighted by molar-refractivity contribution is 4.92. The summed E-state index contributed by atoms with van der Waals surface area (Å²) in [7, 11) is 0. The van der Waals surface area contributed by atoms with Crippen LogP contribution >= 0.6 is 0 Å². The van der Waals surface area contributed by atoms with Crippen LogP contribution in [0.5, 0.6) is 0 Å². The average molecular weight is 251 g/mol. The second-order valence-electron chi connectivity index (χ2n) is 6.51. The molecule has 0 aromatic rings. The second-order valence-corrected chi connectivity index (χ2v) is 6.51. The Morgan fingerprint density at radius 3 is 2.61 bits per heavy atom. The summed E-state index contributed by atoms with van der Waals surface area (Å²) in [6.45, 7) is 11.5. The van der Waals surface area contributed by atoms with Gasteiger partial charge in [0.2, 0.25) is 0 Å². The van der Waals surface area contributed by atoms with E-state index in [4.69, 9.17) is 0 Å². The summed E-state index contributed by atoms with van der Waals surface area (Å²) in [6, 6.07) is 0.861. The van der Waals surface area contributed by atoms with E-state index in [0.29, 0.717) is 0 Å². The third kappa shape index (κ3) is 2.73. The molecule has 0 aromatic heterocycles.